The number of allylic oxidation sites excluding steroid dienone is 1. The Bertz CT molecular complexity index is 2700. The van der Waals surface area contributed by atoms with Crippen LogP contribution in [-0.4, -0.2) is 30.2 Å². The van der Waals surface area contributed by atoms with E-state index in [1.807, 2.05) is 94.5 Å². The fourth-order valence-corrected chi connectivity index (χ4v) is 5.96. The second-order valence-electron chi connectivity index (χ2n) is 14.5. The average Bonchev–Trinajstić information content (AvgIpc) is 3.26. The van der Waals surface area contributed by atoms with Crippen molar-refractivity contribution in [1.29, 1.82) is 0 Å². The molecule has 64 heavy (non-hydrogen) atoms. The van der Waals surface area contributed by atoms with Crippen LogP contribution in [0.2, 0.25) is 0 Å². The van der Waals surface area contributed by atoms with Gasteiger partial charge >= 0.3 is 12.3 Å². The van der Waals surface area contributed by atoms with Gasteiger partial charge in [-0.05, 0) is 78.9 Å². The molecule has 330 valence electrons. The van der Waals surface area contributed by atoms with Crippen molar-refractivity contribution in [2.24, 2.45) is 11.8 Å². The summed E-state index contributed by atoms with van der Waals surface area (Å²) in [4.78, 5) is 65.9. The Morgan fingerprint density at radius 1 is 0.609 bits per heavy atom. The molecule has 0 amide bonds. The van der Waals surface area contributed by atoms with Gasteiger partial charge in [-0.25, -0.2) is 0 Å². The number of phenolic OH excluding ortho intramolecular Hbond substituents is 1. The minimum Gasteiger partial charge on any atom is -0.508 e. The Balaban J connectivity index is 0.000000314. The van der Waals surface area contributed by atoms with E-state index < -0.39 is 0 Å². The molecule has 2 heterocycles. The zero-order valence-electron chi connectivity index (χ0n) is 36.2. The number of phenols is 1. The largest absolute Gasteiger partial charge is 0.508 e. The SMILES string of the molecule is C.C=C(NC)C(C)C.CC(=O)C(C)C.Cc1ccc2c(-c3ccccc3)c3ccc(=O)cc-3oc2c1.O=C=O.O=C=O.O=c1ccc2c(-c3ccccc3)c3ccc(O)cc3oc-2c1. The van der Waals surface area contributed by atoms with Gasteiger partial charge in [0.25, 0.3) is 0 Å². The molecule has 0 radical (unpaired) electrons. The van der Waals surface area contributed by atoms with Gasteiger partial charge in [0.15, 0.2) is 10.9 Å². The first kappa shape index (κ1) is 52.2. The number of aryl methyl sites for hydroxylation is 1. The number of carbonyl (C=O) groups excluding carboxylic acids is 5. The number of ketones is 1. The number of benzene rings is 6. The topological polar surface area (TPSA) is 178 Å². The summed E-state index contributed by atoms with van der Waals surface area (Å²) in [7, 11) is 1.89. The van der Waals surface area contributed by atoms with E-state index in [9.17, 15) is 19.5 Å². The molecule has 2 N–H and O–H groups in total. The van der Waals surface area contributed by atoms with Crippen LogP contribution < -0.4 is 16.2 Å². The molecule has 0 fully saturated rings. The summed E-state index contributed by atoms with van der Waals surface area (Å²) >= 11 is 0. The van der Waals surface area contributed by atoms with Crippen LogP contribution in [0.15, 0.2) is 164 Å². The second kappa shape index (κ2) is 25.7. The molecule has 4 aromatic rings. The maximum atomic E-state index is 11.7. The van der Waals surface area contributed by atoms with Crippen molar-refractivity contribution in [3.8, 4) is 50.7 Å². The molecule has 2 aliphatic carbocycles. The van der Waals surface area contributed by atoms with E-state index in [2.05, 4.69) is 50.0 Å². The van der Waals surface area contributed by atoms with Crippen molar-refractivity contribution >= 4 is 40.0 Å². The fraction of sp³-hybridized carbons (Fsp3) is 0.189. The summed E-state index contributed by atoms with van der Waals surface area (Å²) < 4.78 is 11.8. The number of carbonyl (C=O) groups is 1. The molecule has 11 heteroatoms. The fourth-order valence-electron chi connectivity index (χ4n) is 5.96. The lowest BCUT2D eigenvalue weighted by atomic mass is 9.93. The second-order valence-corrected chi connectivity index (χ2v) is 14.5. The third-order valence-electron chi connectivity index (χ3n) is 9.48. The molecule has 0 unspecified atom stereocenters. The van der Waals surface area contributed by atoms with Crippen molar-refractivity contribution in [1.82, 2.24) is 5.32 Å². The summed E-state index contributed by atoms with van der Waals surface area (Å²) in [6.45, 7) is 15.4. The standard InChI is InChI=1S/C20H14O2.C19H12O3.C6H13N.C5H10O.2CO2.CH4/c1-13-7-9-16-18(11-13)22-19-12-15(21)8-10-17(19)20(16)14-5-3-2-4-6-14;20-13-6-8-15-17(10-13)22-18-11-14(21)7-9-16(18)19(15)12-4-2-1-3-5-12;1-5(2)6(3)7-4;1-4(2)5(3)6;2*2-1-3;/h2-12H,1H3;1-11,20H;5,7H,3H2,1-2,4H3;4H,1-3H3;;;1H4. The summed E-state index contributed by atoms with van der Waals surface area (Å²) in [5, 5.41) is 14.6. The van der Waals surface area contributed by atoms with Crippen molar-refractivity contribution in [2.75, 3.05) is 7.05 Å². The molecule has 0 aromatic heterocycles. The molecule has 0 saturated carbocycles. The van der Waals surface area contributed by atoms with E-state index in [1.54, 1.807) is 37.3 Å². The minimum atomic E-state index is -0.102. The minimum absolute atomic E-state index is 0. The Hall–Kier alpha value is -7.97. The van der Waals surface area contributed by atoms with Crippen LogP contribution in [-0.2, 0) is 24.0 Å². The third kappa shape index (κ3) is 14.6. The maximum absolute atomic E-state index is 11.7. The Labute approximate surface area is 372 Å². The van der Waals surface area contributed by atoms with E-state index in [0.29, 0.717) is 23.0 Å². The van der Waals surface area contributed by atoms with E-state index in [1.165, 1.54) is 12.1 Å². The monoisotopic (exact) mass is 863 g/mol. The van der Waals surface area contributed by atoms with Gasteiger partial charge in [-0.15, -0.1) is 0 Å². The first-order valence-electron chi connectivity index (χ1n) is 19.7. The first-order valence-corrected chi connectivity index (χ1v) is 19.7. The van der Waals surface area contributed by atoms with Crippen molar-refractivity contribution in [3.63, 3.8) is 0 Å². The van der Waals surface area contributed by atoms with Crippen LogP contribution in [0.3, 0.4) is 0 Å². The van der Waals surface area contributed by atoms with Gasteiger partial charge in [-0.2, -0.15) is 19.2 Å². The van der Waals surface area contributed by atoms with Gasteiger partial charge < -0.3 is 19.3 Å². The molecule has 2 aliphatic heterocycles. The van der Waals surface area contributed by atoms with Gasteiger partial charge in [0.05, 0.1) is 0 Å². The van der Waals surface area contributed by atoms with E-state index >= 15 is 0 Å². The number of Topliss-reactive ketones (excluding diaryl/α,β-unsaturated/α-hetero) is 1. The van der Waals surface area contributed by atoms with E-state index in [0.717, 1.165) is 61.0 Å². The lowest BCUT2D eigenvalue weighted by Gasteiger charge is -2.15. The molecule has 0 atom stereocenters. The number of aromatic hydroxyl groups is 1. The number of hydrogen-bond donors (Lipinski definition) is 2. The predicted molar refractivity (Wildman–Crippen MR) is 251 cm³/mol. The summed E-state index contributed by atoms with van der Waals surface area (Å²) in [6.07, 6.45) is 0.500. The Morgan fingerprint density at radius 3 is 1.36 bits per heavy atom. The summed E-state index contributed by atoms with van der Waals surface area (Å²) in [6, 6.07) is 41.2. The Kier molecular flexibility index (Phi) is 21.0. The lowest BCUT2D eigenvalue weighted by Crippen LogP contribution is -2.09. The van der Waals surface area contributed by atoms with Crippen LogP contribution in [0.25, 0.3) is 66.8 Å². The molecular weight excluding hydrogens is 811 g/mol. The Morgan fingerprint density at radius 2 is 1.00 bits per heavy atom. The highest BCUT2D eigenvalue weighted by Crippen LogP contribution is 2.41. The highest BCUT2D eigenvalue weighted by molar-refractivity contribution is 6.03. The summed E-state index contributed by atoms with van der Waals surface area (Å²) in [5.74, 6) is 2.31. The average molecular weight is 864 g/mol. The zero-order valence-corrected chi connectivity index (χ0v) is 36.2. The van der Waals surface area contributed by atoms with Gasteiger partial charge in [-0.3, -0.25) is 14.4 Å². The van der Waals surface area contributed by atoms with Crippen LogP contribution in [0, 0.1) is 18.8 Å². The van der Waals surface area contributed by atoms with Crippen molar-refractivity contribution in [3.05, 3.63) is 172 Å². The maximum Gasteiger partial charge on any atom is 0.373 e. The van der Waals surface area contributed by atoms with E-state index in [-0.39, 0.29) is 48.0 Å². The molecule has 8 rings (SSSR count). The van der Waals surface area contributed by atoms with E-state index in [4.69, 9.17) is 28.0 Å². The number of fused-ring (bicyclic) bond motifs is 4. The molecule has 0 bridgehead atoms. The van der Waals surface area contributed by atoms with Crippen LogP contribution in [0.1, 0.15) is 47.6 Å². The molecule has 0 saturated heterocycles. The van der Waals surface area contributed by atoms with Crippen molar-refractivity contribution in [2.45, 2.75) is 49.0 Å². The van der Waals surface area contributed by atoms with Crippen LogP contribution >= 0.6 is 0 Å². The number of nitrogens with one attached hydrogen (secondary N) is 1. The van der Waals surface area contributed by atoms with Crippen molar-refractivity contribution < 1.29 is 37.9 Å². The molecule has 11 nitrogen and oxygen atoms in total. The first-order chi connectivity index (χ1) is 30.1. The molecule has 0 spiro atoms. The normalized spacial score (nSPS) is 9.77. The van der Waals surface area contributed by atoms with Crippen LogP contribution in [0.5, 0.6) is 5.75 Å². The highest BCUT2D eigenvalue weighted by atomic mass is 16.3. The number of rotatable bonds is 5. The lowest BCUT2D eigenvalue weighted by molar-refractivity contribution is -0.193. The molecule has 4 aromatic carbocycles. The van der Waals surface area contributed by atoms with Gasteiger partial charge in [0.1, 0.15) is 34.2 Å². The zero-order chi connectivity index (χ0) is 46.6. The van der Waals surface area contributed by atoms with Gasteiger partial charge in [-0.1, -0.05) is 114 Å². The third-order valence-corrected chi connectivity index (χ3v) is 9.48. The summed E-state index contributed by atoms with van der Waals surface area (Å²) in [5.41, 5.74) is 9.55. The smallest absolute Gasteiger partial charge is 0.373 e. The van der Waals surface area contributed by atoms with Crippen LogP contribution in [0.4, 0.5) is 0 Å². The highest BCUT2D eigenvalue weighted by Gasteiger charge is 2.18. The van der Waals surface area contributed by atoms with Gasteiger partial charge in [0.2, 0.25) is 0 Å². The number of hydrogen-bond acceptors (Lipinski definition) is 11. The molecular formula is C53H53NO10. The predicted octanol–water partition coefficient (Wildman–Crippen LogP) is 11.2. The van der Waals surface area contributed by atoms with Gasteiger partial charge in [0, 0.05) is 69.9 Å². The molecule has 4 aliphatic rings. The quantitative estimate of drug-likeness (QED) is 0.157.